The summed E-state index contributed by atoms with van der Waals surface area (Å²) in [5.74, 6) is -0.242. The molecular formula is C29H30N4O10. The lowest BCUT2D eigenvalue weighted by molar-refractivity contribution is -0.384. The largest absolute Gasteiger partial charge is 0.493 e. The number of hydrazone groups is 1. The standard InChI is InChI=1S/C29H30N4O10/c1-39-23-13-18(10-11-22(23)43-29(36)20-15-24(40-2)27(42-4)25(16-20)41-3)17-31-32-26(34)9-6-12-30-28(35)19-7-5-8-21(14-19)33(37)38/h5,7-8,10-11,13-17H,6,9,12H2,1-4H3,(H,30,35)(H,32,34). The van der Waals surface area contributed by atoms with E-state index < -0.39 is 16.8 Å². The lowest BCUT2D eigenvalue weighted by Gasteiger charge is -2.14. The Morgan fingerprint density at radius 2 is 1.56 bits per heavy atom. The van der Waals surface area contributed by atoms with Crippen LogP contribution in [0, 0.1) is 10.1 Å². The fourth-order valence-electron chi connectivity index (χ4n) is 3.75. The zero-order valence-electron chi connectivity index (χ0n) is 23.9. The summed E-state index contributed by atoms with van der Waals surface area (Å²) in [5.41, 5.74) is 3.07. The molecule has 2 amide bonds. The molecule has 0 heterocycles. The summed E-state index contributed by atoms with van der Waals surface area (Å²) in [5, 5.41) is 17.4. The summed E-state index contributed by atoms with van der Waals surface area (Å²) in [6, 6.07) is 13.0. The molecule has 0 aliphatic heterocycles. The average molecular weight is 595 g/mol. The quantitative estimate of drug-likeness (QED) is 0.0701. The van der Waals surface area contributed by atoms with Crippen molar-refractivity contribution in [3.63, 3.8) is 0 Å². The van der Waals surface area contributed by atoms with Crippen molar-refractivity contribution < 1.29 is 43.0 Å². The van der Waals surface area contributed by atoms with Gasteiger partial charge in [0.15, 0.2) is 23.0 Å². The van der Waals surface area contributed by atoms with Crippen molar-refractivity contribution in [1.82, 2.24) is 10.7 Å². The second kappa shape index (κ2) is 15.4. The molecule has 0 aliphatic rings. The molecule has 2 N–H and O–H groups in total. The van der Waals surface area contributed by atoms with E-state index in [4.69, 9.17) is 23.7 Å². The Kier molecular flexibility index (Phi) is 11.4. The number of methoxy groups -OCH3 is 4. The van der Waals surface area contributed by atoms with Crippen LogP contribution in [0.25, 0.3) is 0 Å². The number of amides is 2. The molecule has 0 fully saturated rings. The third kappa shape index (κ3) is 8.66. The summed E-state index contributed by atoms with van der Waals surface area (Å²) in [6.07, 6.45) is 1.78. The van der Waals surface area contributed by atoms with Crippen LogP contribution in [-0.2, 0) is 4.79 Å². The van der Waals surface area contributed by atoms with Gasteiger partial charge in [0.1, 0.15) is 0 Å². The molecule has 14 nitrogen and oxygen atoms in total. The second-order valence-electron chi connectivity index (χ2n) is 8.67. The summed E-state index contributed by atoms with van der Waals surface area (Å²) in [4.78, 5) is 47.4. The van der Waals surface area contributed by atoms with E-state index in [2.05, 4.69) is 15.8 Å². The van der Waals surface area contributed by atoms with Gasteiger partial charge in [0, 0.05) is 30.7 Å². The third-order valence-corrected chi connectivity index (χ3v) is 5.88. The Bertz CT molecular complexity index is 1500. The lowest BCUT2D eigenvalue weighted by atomic mass is 10.1. The first kappa shape index (κ1) is 31.9. The topological polar surface area (TPSA) is 177 Å². The van der Waals surface area contributed by atoms with Crippen molar-refractivity contribution >= 4 is 29.7 Å². The van der Waals surface area contributed by atoms with E-state index in [0.29, 0.717) is 29.2 Å². The first-order chi connectivity index (χ1) is 20.7. The minimum atomic E-state index is -0.687. The van der Waals surface area contributed by atoms with E-state index in [1.807, 2.05) is 0 Å². The molecule has 3 aromatic carbocycles. The zero-order chi connectivity index (χ0) is 31.4. The molecule has 0 saturated heterocycles. The monoisotopic (exact) mass is 594 g/mol. The number of ether oxygens (including phenoxy) is 5. The van der Waals surface area contributed by atoms with Gasteiger partial charge in [0.05, 0.1) is 45.1 Å². The second-order valence-corrected chi connectivity index (χ2v) is 8.67. The number of nitro benzene ring substituents is 1. The number of carbonyl (C=O) groups excluding carboxylic acids is 3. The number of nitrogens with one attached hydrogen (secondary N) is 2. The highest BCUT2D eigenvalue weighted by Gasteiger charge is 2.20. The molecule has 0 spiro atoms. The van der Waals surface area contributed by atoms with Crippen molar-refractivity contribution in [2.45, 2.75) is 12.8 Å². The minimum absolute atomic E-state index is 0.0751. The van der Waals surface area contributed by atoms with Gasteiger partial charge in [0.25, 0.3) is 11.6 Å². The van der Waals surface area contributed by atoms with Crippen LogP contribution >= 0.6 is 0 Å². The number of non-ortho nitro benzene ring substituents is 1. The number of esters is 1. The Labute approximate surface area is 246 Å². The van der Waals surface area contributed by atoms with Crippen LogP contribution in [0.2, 0.25) is 0 Å². The van der Waals surface area contributed by atoms with Gasteiger partial charge >= 0.3 is 5.97 Å². The van der Waals surface area contributed by atoms with Gasteiger partial charge in [-0.3, -0.25) is 19.7 Å². The summed E-state index contributed by atoms with van der Waals surface area (Å²) >= 11 is 0. The molecule has 0 saturated carbocycles. The molecule has 0 aromatic heterocycles. The van der Waals surface area contributed by atoms with E-state index >= 15 is 0 Å². The number of nitrogens with zero attached hydrogens (tertiary/aromatic N) is 2. The van der Waals surface area contributed by atoms with Crippen LogP contribution < -0.4 is 34.4 Å². The predicted molar refractivity (Wildman–Crippen MR) is 154 cm³/mol. The van der Waals surface area contributed by atoms with Crippen LogP contribution in [0.1, 0.15) is 39.1 Å². The van der Waals surface area contributed by atoms with Crippen molar-refractivity contribution in [3.05, 3.63) is 81.4 Å². The van der Waals surface area contributed by atoms with Crippen LogP contribution in [0.15, 0.2) is 59.7 Å². The molecule has 0 bridgehead atoms. The first-order valence-corrected chi connectivity index (χ1v) is 12.8. The van der Waals surface area contributed by atoms with Crippen LogP contribution in [0.4, 0.5) is 5.69 Å². The van der Waals surface area contributed by atoms with Crippen molar-refractivity contribution in [2.75, 3.05) is 35.0 Å². The predicted octanol–water partition coefficient (Wildman–Crippen LogP) is 3.51. The molecule has 226 valence electrons. The maximum absolute atomic E-state index is 12.9. The van der Waals surface area contributed by atoms with Gasteiger partial charge in [0.2, 0.25) is 11.7 Å². The number of benzene rings is 3. The van der Waals surface area contributed by atoms with Gasteiger partial charge in [-0.1, -0.05) is 6.07 Å². The molecule has 0 radical (unpaired) electrons. The normalized spacial score (nSPS) is 10.5. The maximum Gasteiger partial charge on any atom is 0.343 e. The maximum atomic E-state index is 12.9. The fraction of sp³-hybridized carbons (Fsp3) is 0.241. The first-order valence-electron chi connectivity index (χ1n) is 12.8. The van der Waals surface area contributed by atoms with E-state index in [0.717, 1.165) is 0 Å². The van der Waals surface area contributed by atoms with E-state index in [1.54, 1.807) is 12.1 Å². The Balaban J connectivity index is 1.52. The van der Waals surface area contributed by atoms with Crippen LogP contribution in [0.5, 0.6) is 28.7 Å². The highest BCUT2D eigenvalue weighted by Crippen LogP contribution is 2.38. The molecule has 3 aromatic rings. The molecule has 0 aliphatic carbocycles. The van der Waals surface area contributed by atoms with E-state index in [9.17, 15) is 24.5 Å². The summed E-state index contributed by atoms with van der Waals surface area (Å²) < 4.78 is 26.7. The van der Waals surface area contributed by atoms with Gasteiger partial charge in [-0.2, -0.15) is 5.10 Å². The summed E-state index contributed by atoms with van der Waals surface area (Å²) in [6.45, 7) is 0.187. The highest BCUT2D eigenvalue weighted by atomic mass is 16.6. The van der Waals surface area contributed by atoms with Gasteiger partial charge in [-0.05, 0) is 48.4 Å². The van der Waals surface area contributed by atoms with Gasteiger partial charge in [-0.15, -0.1) is 0 Å². The Morgan fingerprint density at radius 3 is 2.19 bits per heavy atom. The number of hydrogen-bond acceptors (Lipinski definition) is 11. The smallest absolute Gasteiger partial charge is 0.343 e. The molecule has 0 atom stereocenters. The SMILES string of the molecule is COc1cc(C=NNC(=O)CCCNC(=O)c2cccc([N+](=O)[O-])c2)ccc1OC(=O)c1cc(OC)c(OC)c(OC)c1. The van der Waals surface area contributed by atoms with Crippen molar-refractivity contribution in [3.8, 4) is 28.7 Å². The van der Waals surface area contributed by atoms with Crippen molar-refractivity contribution in [2.24, 2.45) is 5.10 Å². The third-order valence-electron chi connectivity index (χ3n) is 5.88. The van der Waals surface area contributed by atoms with E-state index in [-0.39, 0.29) is 47.2 Å². The number of rotatable bonds is 14. The molecular weight excluding hydrogens is 564 g/mol. The average Bonchev–Trinajstić information content (AvgIpc) is 3.02. The van der Waals surface area contributed by atoms with Gasteiger partial charge in [-0.25, -0.2) is 10.2 Å². The summed E-state index contributed by atoms with van der Waals surface area (Å²) in [7, 11) is 5.73. The Hall–Kier alpha value is -5.66. The zero-order valence-corrected chi connectivity index (χ0v) is 23.9. The van der Waals surface area contributed by atoms with Crippen molar-refractivity contribution in [1.29, 1.82) is 0 Å². The molecule has 0 unspecified atom stereocenters. The van der Waals surface area contributed by atoms with Gasteiger partial charge < -0.3 is 29.0 Å². The number of hydrogen-bond donors (Lipinski definition) is 2. The molecule has 3 rings (SSSR count). The fourth-order valence-corrected chi connectivity index (χ4v) is 3.75. The van der Waals surface area contributed by atoms with E-state index in [1.165, 1.54) is 77.1 Å². The number of nitro groups is 1. The molecule has 14 heteroatoms. The van der Waals surface area contributed by atoms with Crippen LogP contribution in [0.3, 0.4) is 0 Å². The number of carbonyl (C=O) groups is 3. The Morgan fingerprint density at radius 1 is 0.860 bits per heavy atom. The van der Waals surface area contributed by atoms with Crippen LogP contribution in [-0.4, -0.2) is 63.9 Å². The minimum Gasteiger partial charge on any atom is -0.493 e. The highest BCUT2D eigenvalue weighted by molar-refractivity contribution is 5.95. The lowest BCUT2D eigenvalue weighted by Crippen LogP contribution is -2.26. The molecule has 43 heavy (non-hydrogen) atoms.